The number of hydrogen-bond acceptors (Lipinski definition) is 5. The Bertz CT molecular complexity index is 1220. The number of amides is 1. The van der Waals surface area contributed by atoms with Gasteiger partial charge in [0.05, 0.1) is 11.4 Å². The topological polar surface area (TPSA) is 90.8 Å². The molecule has 6 nitrogen and oxygen atoms in total. The molecule has 0 heterocycles. The van der Waals surface area contributed by atoms with Crippen molar-refractivity contribution >= 4 is 23.1 Å². The summed E-state index contributed by atoms with van der Waals surface area (Å²) in [6.45, 7) is 0. The molecule has 160 valence electrons. The summed E-state index contributed by atoms with van der Waals surface area (Å²) >= 11 is 0. The molecule has 0 fully saturated rings. The van der Waals surface area contributed by atoms with E-state index in [2.05, 4.69) is 15.8 Å². The highest BCUT2D eigenvalue weighted by molar-refractivity contribution is 6.26. The number of anilines is 1. The second kappa shape index (κ2) is 9.26. The maximum Gasteiger partial charge on any atom is 0.247 e. The van der Waals surface area contributed by atoms with Gasteiger partial charge in [-0.2, -0.15) is 0 Å². The third-order valence-corrected chi connectivity index (χ3v) is 5.14. The van der Waals surface area contributed by atoms with Gasteiger partial charge in [-0.15, -0.1) is 0 Å². The standard InChI is InChI=1S/C25H20FN3O3/c26-19-12-6-7-13-20(19)28-25(31)23(14-16-8-2-1-3-9-16)27-22-15-21(29-32)17-10-4-5-11-18(17)24(22)30/h1-13,15,23,27,32H,14H2,(H,28,31). The van der Waals surface area contributed by atoms with E-state index >= 15 is 0 Å². The van der Waals surface area contributed by atoms with Gasteiger partial charge < -0.3 is 15.8 Å². The van der Waals surface area contributed by atoms with Gasteiger partial charge in [0.1, 0.15) is 17.6 Å². The quantitative estimate of drug-likeness (QED) is 0.409. The minimum absolute atomic E-state index is 0.0456. The predicted octanol–water partition coefficient (Wildman–Crippen LogP) is 3.92. The molecule has 7 heteroatoms. The van der Waals surface area contributed by atoms with Crippen LogP contribution in [0.4, 0.5) is 10.1 Å². The van der Waals surface area contributed by atoms with Crippen LogP contribution >= 0.6 is 0 Å². The molecule has 1 aliphatic carbocycles. The number of carbonyl (C=O) groups is 2. The summed E-state index contributed by atoms with van der Waals surface area (Å²) in [5.41, 5.74) is 2.08. The molecular weight excluding hydrogens is 409 g/mol. The lowest BCUT2D eigenvalue weighted by atomic mass is 9.91. The zero-order valence-corrected chi connectivity index (χ0v) is 17.0. The smallest absolute Gasteiger partial charge is 0.247 e. The number of rotatable bonds is 6. The molecule has 0 saturated carbocycles. The zero-order chi connectivity index (χ0) is 22.5. The molecular formula is C25H20FN3O3. The Morgan fingerprint density at radius 1 is 0.938 bits per heavy atom. The number of para-hydroxylation sites is 1. The third-order valence-electron chi connectivity index (χ3n) is 5.14. The Morgan fingerprint density at radius 2 is 1.59 bits per heavy atom. The number of halogens is 1. The fourth-order valence-electron chi connectivity index (χ4n) is 3.55. The molecule has 3 aromatic rings. The predicted molar refractivity (Wildman–Crippen MR) is 119 cm³/mol. The second-order valence-corrected chi connectivity index (χ2v) is 7.27. The Balaban J connectivity index is 1.64. The van der Waals surface area contributed by atoms with Crippen molar-refractivity contribution in [2.75, 3.05) is 5.32 Å². The van der Waals surface area contributed by atoms with Gasteiger partial charge in [-0.3, -0.25) is 9.59 Å². The number of allylic oxidation sites excluding steroid dienone is 2. The molecule has 1 amide bonds. The van der Waals surface area contributed by atoms with Gasteiger partial charge in [-0.1, -0.05) is 71.9 Å². The Kier molecular flexibility index (Phi) is 6.07. The summed E-state index contributed by atoms with van der Waals surface area (Å²) in [6.07, 6.45) is 1.65. The highest BCUT2D eigenvalue weighted by atomic mass is 19.1. The monoisotopic (exact) mass is 429 g/mol. The van der Waals surface area contributed by atoms with Crippen LogP contribution < -0.4 is 10.6 Å². The fourth-order valence-corrected chi connectivity index (χ4v) is 3.55. The molecule has 0 saturated heterocycles. The van der Waals surface area contributed by atoms with Gasteiger partial charge in [0.25, 0.3) is 0 Å². The summed E-state index contributed by atoms with van der Waals surface area (Å²) < 4.78 is 14.1. The minimum Gasteiger partial charge on any atom is -0.410 e. The first-order valence-electron chi connectivity index (χ1n) is 10.0. The van der Waals surface area contributed by atoms with E-state index in [0.29, 0.717) is 11.1 Å². The Morgan fingerprint density at radius 3 is 2.31 bits per heavy atom. The van der Waals surface area contributed by atoms with Gasteiger partial charge in [-0.25, -0.2) is 4.39 Å². The maximum absolute atomic E-state index is 14.1. The highest BCUT2D eigenvalue weighted by Gasteiger charge is 2.28. The van der Waals surface area contributed by atoms with Crippen molar-refractivity contribution in [2.45, 2.75) is 12.5 Å². The molecule has 0 bridgehead atoms. The zero-order valence-electron chi connectivity index (χ0n) is 17.0. The van der Waals surface area contributed by atoms with E-state index < -0.39 is 17.8 Å². The molecule has 3 N–H and O–H groups in total. The van der Waals surface area contributed by atoms with E-state index in [9.17, 15) is 19.2 Å². The molecule has 32 heavy (non-hydrogen) atoms. The largest absolute Gasteiger partial charge is 0.410 e. The van der Waals surface area contributed by atoms with E-state index in [0.717, 1.165) is 5.56 Å². The van der Waals surface area contributed by atoms with Crippen molar-refractivity contribution in [3.8, 4) is 0 Å². The fraction of sp³-hybridized carbons (Fsp3) is 0.0800. The second-order valence-electron chi connectivity index (χ2n) is 7.27. The van der Waals surface area contributed by atoms with Crippen LogP contribution in [0.5, 0.6) is 0 Å². The average molecular weight is 429 g/mol. The van der Waals surface area contributed by atoms with Crippen LogP contribution in [-0.2, 0) is 11.2 Å². The molecule has 4 rings (SSSR count). The molecule has 1 unspecified atom stereocenters. The van der Waals surface area contributed by atoms with Crippen LogP contribution in [0, 0.1) is 5.82 Å². The normalized spacial score (nSPS) is 15.0. The molecule has 1 atom stereocenters. The lowest BCUT2D eigenvalue weighted by Crippen LogP contribution is -2.44. The van der Waals surface area contributed by atoms with E-state index in [1.54, 1.807) is 30.3 Å². The summed E-state index contributed by atoms with van der Waals surface area (Å²) in [6, 6.07) is 21.0. The van der Waals surface area contributed by atoms with E-state index in [4.69, 9.17) is 0 Å². The van der Waals surface area contributed by atoms with Crippen LogP contribution in [0.2, 0.25) is 0 Å². The van der Waals surface area contributed by atoms with Gasteiger partial charge in [0, 0.05) is 17.5 Å². The number of benzene rings is 3. The van der Waals surface area contributed by atoms with Crippen molar-refractivity contribution in [1.29, 1.82) is 0 Å². The number of carbonyl (C=O) groups excluding carboxylic acids is 2. The number of nitrogens with one attached hydrogen (secondary N) is 2. The summed E-state index contributed by atoms with van der Waals surface area (Å²) in [4.78, 5) is 26.1. The van der Waals surface area contributed by atoms with Crippen LogP contribution in [0.15, 0.2) is 95.8 Å². The number of nitrogens with zero attached hydrogens (tertiary/aromatic N) is 1. The minimum atomic E-state index is -0.891. The molecule has 3 aromatic carbocycles. The van der Waals surface area contributed by atoms with Gasteiger partial charge in [0.15, 0.2) is 0 Å². The Hall–Kier alpha value is -4.26. The first-order chi connectivity index (χ1) is 15.6. The number of hydrogen-bond donors (Lipinski definition) is 3. The molecule has 0 spiro atoms. The first-order valence-corrected chi connectivity index (χ1v) is 10.0. The van der Waals surface area contributed by atoms with Crippen molar-refractivity contribution in [3.05, 3.63) is 113 Å². The van der Waals surface area contributed by atoms with Crippen LogP contribution in [-0.4, -0.2) is 28.7 Å². The van der Waals surface area contributed by atoms with E-state index in [1.807, 2.05) is 30.3 Å². The third kappa shape index (κ3) is 4.41. The van der Waals surface area contributed by atoms with Crippen LogP contribution in [0.25, 0.3) is 0 Å². The molecule has 0 aromatic heterocycles. The number of oxime groups is 1. The van der Waals surface area contributed by atoms with Crippen molar-refractivity contribution < 1.29 is 19.2 Å². The van der Waals surface area contributed by atoms with Gasteiger partial charge in [0.2, 0.25) is 11.7 Å². The number of fused-ring (bicyclic) bond motifs is 1. The summed E-state index contributed by atoms with van der Waals surface area (Å²) in [5, 5.41) is 18.3. The van der Waals surface area contributed by atoms with Crippen molar-refractivity contribution in [3.63, 3.8) is 0 Å². The highest BCUT2D eigenvalue weighted by Crippen LogP contribution is 2.22. The van der Waals surface area contributed by atoms with Crippen LogP contribution in [0.1, 0.15) is 21.5 Å². The lowest BCUT2D eigenvalue weighted by molar-refractivity contribution is -0.118. The lowest BCUT2D eigenvalue weighted by Gasteiger charge is -2.24. The summed E-state index contributed by atoms with van der Waals surface area (Å²) in [5.74, 6) is -1.39. The van der Waals surface area contributed by atoms with Crippen LogP contribution in [0.3, 0.4) is 0 Å². The SMILES string of the molecule is O=C1C(NC(Cc2ccccc2)C(=O)Nc2ccccc2F)=CC(=NO)c2ccccc21. The number of ketones is 1. The van der Waals surface area contributed by atoms with Gasteiger partial charge >= 0.3 is 0 Å². The van der Waals surface area contributed by atoms with Gasteiger partial charge in [-0.05, 0) is 23.8 Å². The Labute approximate surface area is 184 Å². The maximum atomic E-state index is 14.1. The average Bonchev–Trinajstić information content (AvgIpc) is 2.82. The molecule has 1 aliphatic rings. The van der Waals surface area contributed by atoms with Crippen molar-refractivity contribution in [1.82, 2.24) is 5.32 Å². The summed E-state index contributed by atoms with van der Waals surface area (Å²) in [7, 11) is 0. The van der Waals surface area contributed by atoms with Crippen molar-refractivity contribution in [2.24, 2.45) is 5.16 Å². The van der Waals surface area contributed by atoms with E-state index in [1.165, 1.54) is 24.3 Å². The van der Waals surface area contributed by atoms with E-state index in [-0.39, 0.29) is 29.3 Å². The first kappa shape index (κ1) is 21.0. The molecule has 0 radical (unpaired) electrons. The molecule has 0 aliphatic heterocycles. The number of Topliss-reactive ketones (excluding diaryl/α,β-unsaturated/α-hetero) is 1.